The van der Waals surface area contributed by atoms with Gasteiger partial charge in [-0.25, -0.2) is 4.79 Å². The summed E-state index contributed by atoms with van der Waals surface area (Å²) in [6.07, 6.45) is 1.88. The third-order valence-corrected chi connectivity index (χ3v) is 4.70. The topological polar surface area (TPSA) is 88.4 Å². The quantitative estimate of drug-likeness (QED) is 0.548. The fraction of sp³-hybridized carbons (Fsp3) is 0.273. The van der Waals surface area contributed by atoms with Gasteiger partial charge in [0.05, 0.1) is 19.8 Å². The van der Waals surface area contributed by atoms with Crippen molar-refractivity contribution in [2.45, 2.75) is 19.0 Å². The molecular formula is C22H26N4O3. The zero-order chi connectivity index (χ0) is 20.7. The van der Waals surface area contributed by atoms with Gasteiger partial charge in [-0.05, 0) is 18.1 Å². The number of anilines is 1. The Labute approximate surface area is 170 Å². The van der Waals surface area contributed by atoms with Crippen LogP contribution < -0.4 is 10.6 Å². The minimum absolute atomic E-state index is 0.127. The highest BCUT2D eigenvalue weighted by atomic mass is 16.5. The highest BCUT2D eigenvalue weighted by Crippen LogP contribution is 2.22. The van der Waals surface area contributed by atoms with E-state index in [0.717, 1.165) is 16.7 Å². The average Bonchev–Trinajstić information content (AvgIpc) is 3.07. The van der Waals surface area contributed by atoms with Gasteiger partial charge in [0.25, 0.3) is 0 Å². The molecule has 1 heterocycles. The molecule has 2 aromatic carbocycles. The molecule has 29 heavy (non-hydrogen) atoms. The largest absolute Gasteiger partial charge is 0.393 e. The van der Waals surface area contributed by atoms with E-state index < -0.39 is 11.6 Å². The molecule has 3 N–H and O–H groups in total. The lowest BCUT2D eigenvalue weighted by Gasteiger charge is -2.32. The molecule has 3 aromatic rings. The molecule has 0 fully saturated rings. The fourth-order valence-corrected chi connectivity index (χ4v) is 3.22. The molecule has 2 amide bonds. The van der Waals surface area contributed by atoms with Crippen molar-refractivity contribution in [1.29, 1.82) is 0 Å². The normalized spacial score (nSPS) is 12.9. The summed E-state index contributed by atoms with van der Waals surface area (Å²) in [4.78, 5) is 12.7. The van der Waals surface area contributed by atoms with Crippen molar-refractivity contribution in [3.8, 4) is 0 Å². The highest BCUT2D eigenvalue weighted by molar-refractivity contribution is 5.89. The van der Waals surface area contributed by atoms with E-state index >= 15 is 0 Å². The molecule has 7 nitrogen and oxygen atoms in total. The first kappa shape index (κ1) is 20.6. The van der Waals surface area contributed by atoms with Gasteiger partial charge in [0, 0.05) is 18.9 Å². The van der Waals surface area contributed by atoms with Crippen LogP contribution in [0, 0.1) is 6.92 Å². The van der Waals surface area contributed by atoms with Crippen LogP contribution in [0.15, 0.2) is 66.9 Å². The van der Waals surface area contributed by atoms with E-state index in [9.17, 15) is 9.90 Å². The Morgan fingerprint density at radius 2 is 1.79 bits per heavy atom. The van der Waals surface area contributed by atoms with Crippen LogP contribution in [-0.4, -0.2) is 41.2 Å². The molecule has 0 spiro atoms. The summed E-state index contributed by atoms with van der Waals surface area (Å²) in [6.45, 7) is 2.32. The molecule has 0 aliphatic heterocycles. The minimum Gasteiger partial charge on any atom is -0.393 e. The summed E-state index contributed by atoms with van der Waals surface area (Å²) in [7, 11) is 1.53. The SMILES string of the molecule is COCC(CO)(NC(=O)Nc1nn(Cc2ccccc2)cc1C)c1ccccc1. The van der Waals surface area contributed by atoms with Gasteiger partial charge < -0.3 is 15.2 Å². The number of aliphatic hydroxyl groups is 1. The molecule has 1 atom stereocenters. The van der Waals surface area contributed by atoms with Gasteiger partial charge in [-0.15, -0.1) is 0 Å². The average molecular weight is 394 g/mol. The third-order valence-electron chi connectivity index (χ3n) is 4.70. The summed E-state index contributed by atoms with van der Waals surface area (Å²) in [5.41, 5.74) is 1.66. The first-order chi connectivity index (χ1) is 14.1. The maximum Gasteiger partial charge on any atom is 0.321 e. The van der Waals surface area contributed by atoms with E-state index in [1.54, 1.807) is 4.68 Å². The van der Waals surface area contributed by atoms with Crippen molar-refractivity contribution in [2.75, 3.05) is 25.6 Å². The lowest BCUT2D eigenvalue weighted by Crippen LogP contribution is -2.53. The fourth-order valence-electron chi connectivity index (χ4n) is 3.22. The number of benzene rings is 2. The van der Waals surface area contributed by atoms with Gasteiger partial charge >= 0.3 is 6.03 Å². The van der Waals surface area contributed by atoms with Gasteiger partial charge in [0.2, 0.25) is 0 Å². The van der Waals surface area contributed by atoms with Crippen LogP contribution in [0.4, 0.5) is 10.6 Å². The molecule has 7 heteroatoms. The lowest BCUT2D eigenvalue weighted by atomic mass is 9.91. The first-order valence-corrected chi connectivity index (χ1v) is 9.39. The molecule has 0 saturated heterocycles. The molecule has 1 unspecified atom stereocenters. The number of aliphatic hydroxyl groups excluding tert-OH is 1. The van der Waals surface area contributed by atoms with Crippen LogP contribution in [-0.2, 0) is 16.8 Å². The van der Waals surface area contributed by atoms with Crippen LogP contribution in [0.2, 0.25) is 0 Å². The maximum atomic E-state index is 12.7. The Bertz CT molecular complexity index is 928. The number of amides is 2. The first-order valence-electron chi connectivity index (χ1n) is 9.39. The monoisotopic (exact) mass is 394 g/mol. The summed E-state index contributed by atoms with van der Waals surface area (Å²) < 4.78 is 7.06. The van der Waals surface area contributed by atoms with E-state index in [-0.39, 0.29) is 13.2 Å². The molecule has 1 aromatic heterocycles. The van der Waals surface area contributed by atoms with E-state index in [2.05, 4.69) is 15.7 Å². The molecule has 0 bridgehead atoms. The van der Waals surface area contributed by atoms with Crippen molar-refractivity contribution in [1.82, 2.24) is 15.1 Å². The summed E-state index contributed by atoms with van der Waals surface area (Å²) >= 11 is 0. The second-order valence-corrected chi connectivity index (χ2v) is 6.96. The number of carbonyl (C=O) groups is 1. The van der Waals surface area contributed by atoms with Crippen LogP contribution in [0.3, 0.4) is 0 Å². The van der Waals surface area contributed by atoms with Crippen molar-refractivity contribution in [3.05, 3.63) is 83.6 Å². The molecule has 152 valence electrons. The lowest BCUT2D eigenvalue weighted by molar-refractivity contribution is 0.0678. The van der Waals surface area contributed by atoms with Gasteiger partial charge in [-0.1, -0.05) is 60.7 Å². The second kappa shape index (κ2) is 9.36. The second-order valence-electron chi connectivity index (χ2n) is 6.96. The van der Waals surface area contributed by atoms with E-state index in [0.29, 0.717) is 12.4 Å². The number of methoxy groups -OCH3 is 1. The highest BCUT2D eigenvalue weighted by Gasteiger charge is 2.34. The zero-order valence-electron chi connectivity index (χ0n) is 16.6. The van der Waals surface area contributed by atoms with Gasteiger partial charge in [0.1, 0.15) is 5.54 Å². The standard InChI is InChI=1S/C22H26N4O3/c1-17-13-26(14-18-9-5-3-6-10-18)25-20(17)23-21(28)24-22(15-27,16-29-2)19-11-7-4-8-12-19/h3-13,27H,14-16H2,1-2H3,(H2,23,24,25,28). The predicted octanol–water partition coefficient (Wildman–Crippen LogP) is 2.90. The Morgan fingerprint density at radius 1 is 1.14 bits per heavy atom. The molecule has 0 aliphatic rings. The number of hydrogen-bond acceptors (Lipinski definition) is 4. The van der Waals surface area contributed by atoms with Crippen LogP contribution >= 0.6 is 0 Å². The number of nitrogens with one attached hydrogen (secondary N) is 2. The minimum atomic E-state index is -1.05. The Morgan fingerprint density at radius 3 is 2.41 bits per heavy atom. The Hall–Kier alpha value is -3.16. The predicted molar refractivity (Wildman–Crippen MR) is 112 cm³/mol. The van der Waals surface area contributed by atoms with E-state index in [1.807, 2.05) is 73.8 Å². The summed E-state index contributed by atoms with van der Waals surface area (Å²) in [6, 6.07) is 18.8. The number of rotatable bonds is 8. The van der Waals surface area contributed by atoms with Gasteiger partial charge in [-0.2, -0.15) is 5.10 Å². The van der Waals surface area contributed by atoms with Gasteiger partial charge in [-0.3, -0.25) is 10.00 Å². The molecular weight excluding hydrogens is 368 g/mol. The summed E-state index contributed by atoms with van der Waals surface area (Å²) in [5.74, 6) is 0.468. The zero-order valence-corrected chi connectivity index (χ0v) is 16.6. The number of nitrogens with zero attached hydrogens (tertiary/aromatic N) is 2. The molecule has 0 radical (unpaired) electrons. The van der Waals surface area contributed by atoms with Crippen molar-refractivity contribution in [3.63, 3.8) is 0 Å². The van der Waals surface area contributed by atoms with E-state index in [1.165, 1.54) is 7.11 Å². The van der Waals surface area contributed by atoms with Crippen molar-refractivity contribution >= 4 is 11.8 Å². The number of urea groups is 1. The number of carbonyl (C=O) groups excluding carboxylic acids is 1. The third kappa shape index (κ3) is 5.01. The Kier molecular flexibility index (Phi) is 6.64. The van der Waals surface area contributed by atoms with Gasteiger partial charge in [0.15, 0.2) is 5.82 Å². The smallest absolute Gasteiger partial charge is 0.321 e. The molecule has 3 rings (SSSR count). The van der Waals surface area contributed by atoms with Crippen LogP contribution in [0.1, 0.15) is 16.7 Å². The number of aryl methyl sites for hydroxylation is 1. The van der Waals surface area contributed by atoms with Crippen LogP contribution in [0.25, 0.3) is 0 Å². The van der Waals surface area contributed by atoms with Crippen molar-refractivity contribution < 1.29 is 14.6 Å². The van der Waals surface area contributed by atoms with Crippen molar-refractivity contribution in [2.24, 2.45) is 0 Å². The molecule has 0 saturated carbocycles. The Balaban J connectivity index is 1.73. The summed E-state index contributed by atoms with van der Waals surface area (Å²) in [5, 5.41) is 20.2. The van der Waals surface area contributed by atoms with Crippen LogP contribution in [0.5, 0.6) is 0 Å². The molecule has 0 aliphatic carbocycles. The van der Waals surface area contributed by atoms with E-state index in [4.69, 9.17) is 4.74 Å². The number of aromatic nitrogens is 2. The number of ether oxygens (including phenoxy) is 1. The maximum absolute atomic E-state index is 12.7. The number of hydrogen-bond donors (Lipinski definition) is 3.